The number of ether oxygens (including phenoxy) is 2. The molecule has 92 valence electrons. The Morgan fingerprint density at radius 1 is 1.06 bits per heavy atom. The second-order valence-corrected chi connectivity index (χ2v) is 4.05. The monoisotopic (exact) mass is 261 g/mol. The standard InChI is InChI=1S/C14H12ClNO2/c1-17-14(16)10-5-7-12(8-6-10)18-13-4-2-3-11(15)9-13/h2-9,16H,1H3. The summed E-state index contributed by atoms with van der Waals surface area (Å²) in [5.74, 6) is 1.49. The van der Waals surface area contributed by atoms with Crippen molar-refractivity contribution in [2.75, 3.05) is 7.11 Å². The molecule has 0 heterocycles. The van der Waals surface area contributed by atoms with Gasteiger partial charge in [0.05, 0.1) is 7.11 Å². The Morgan fingerprint density at radius 3 is 2.39 bits per heavy atom. The summed E-state index contributed by atoms with van der Waals surface area (Å²) in [5.41, 5.74) is 0.705. The molecule has 18 heavy (non-hydrogen) atoms. The molecule has 0 bridgehead atoms. The maximum Gasteiger partial charge on any atom is 0.212 e. The van der Waals surface area contributed by atoms with Crippen LogP contribution in [0.15, 0.2) is 48.5 Å². The number of rotatable bonds is 3. The van der Waals surface area contributed by atoms with E-state index in [1.54, 1.807) is 36.4 Å². The van der Waals surface area contributed by atoms with Crippen LogP contribution in [0.4, 0.5) is 0 Å². The van der Waals surface area contributed by atoms with E-state index in [0.29, 0.717) is 22.1 Å². The summed E-state index contributed by atoms with van der Waals surface area (Å²) in [6.45, 7) is 0. The third-order valence-electron chi connectivity index (χ3n) is 2.35. The molecule has 0 amide bonds. The first-order valence-corrected chi connectivity index (χ1v) is 5.73. The summed E-state index contributed by atoms with van der Waals surface area (Å²) < 4.78 is 10.5. The minimum atomic E-state index is 0.129. The largest absolute Gasteiger partial charge is 0.481 e. The molecule has 0 radical (unpaired) electrons. The lowest BCUT2D eigenvalue weighted by atomic mass is 10.2. The summed E-state index contributed by atoms with van der Waals surface area (Å²) in [4.78, 5) is 0. The van der Waals surface area contributed by atoms with Gasteiger partial charge in [0.1, 0.15) is 11.5 Å². The molecule has 0 saturated heterocycles. The van der Waals surface area contributed by atoms with Gasteiger partial charge in [0, 0.05) is 10.6 Å². The highest BCUT2D eigenvalue weighted by molar-refractivity contribution is 6.30. The second-order valence-electron chi connectivity index (χ2n) is 3.62. The number of methoxy groups -OCH3 is 1. The third kappa shape index (κ3) is 3.02. The number of benzene rings is 2. The van der Waals surface area contributed by atoms with Gasteiger partial charge in [-0.05, 0) is 42.5 Å². The Kier molecular flexibility index (Phi) is 3.85. The van der Waals surface area contributed by atoms with Gasteiger partial charge in [-0.1, -0.05) is 17.7 Å². The van der Waals surface area contributed by atoms with Crippen LogP contribution in [0.25, 0.3) is 0 Å². The number of hydrogen-bond donors (Lipinski definition) is 1. The van der Waals surface area contributed by atoms with Gasteiger partial charge in [0.25, 0.3) is 0 Å². The maximum absolute atomic E-state index is 7.52. The Hall–Kier alpha value is -2.00. The predicted molar refractivity (Wildman–Crippen MR) is 71.8 cm³/mol. The van der Waals surface area contributed by atoms with E-state index in [1.807, 2.05) is 12.1 Å². The van der Waals surface area contributed by atoms with Crippen molar-refractivity contribution in [3.63, 3.8) is 0 Å². The van der Waals surface area contributed by atoms with Crippen molar-refractivity contribution in [2.45, 2.75) is 0 Å². The normalized spacial score (nSPS) is 9.89. The molecule has 3 nitrogen and oxygen atoms in total. The van der Waals surface area contributed by atoms with Gasteiger partial charge in [-0.15, -0.1) is 0 Å². The van der Waals surface area contributed by atoms with E-state index in [4.69, 9.17) is 26.5 Å². The van der Waals surface area contributed by atoms with Crippen LogP contribution in [0.5, 0.6) is 11.5 Å². The van der Waals surface area contributed by atoms with Crippen LogP contribution in [0.1, 0.15) is 5.56 Å². The lowest BCUT2D eigenvalue weighted by molar-refractivity contribution is 0.401. The second kappa shape index (κ2) is 5.56. The summed E-state index contributed by atoms with van der Waals surface area (Å²) in [6.07, 6.45) is 0. The molecule has 0 aliphatic carbocycles. The van der Waals surface area contributed by atoms with Crippen LogP contribution in [0.2, 0.25) is 5.02 Å². The van der Waals surface area contributed by atoms with Crippen molar-refractivity contribution in [2.24, 2.45) is 0 Å². The van der Waals surface area contributed by atoms with Crippen molar-refractivity contribution in [3.05, 3.63) is 59.1 Å². The fourth-order valence-electron chi connectivity index (χ4n) is 1.46. The van der Waals surface area contributed by atoms with Gasteiger partial charge in [0.15, 0.2) is 0 Å². The summed E-state index contributed by atoms with van der Waals surface area (Å²) in [7, 11) is 1.47. The fraction of sp³-hybridized carbons (Fsp3) is 0.0714. The van der Waals surface area contributed by atoms with Gasteiger partial charge >= 0.3 is 0 Å². The van der Waals surface area contributed by atoms with Crippen LogP contribution in [-0.4, -0.2) is 13.0 Å². The summed E-state index contributed by atoms with van der Waals surface area (Å²) >= 11 is 5.87. The Balaban J connectivity index is 2.13. The summed E-state index contributed by atoms with van der Waals surface area (Å²) in [5, 5.41) is 8.15. The molecule has 0 aliphatic rings. The van der Waals surface area contributed by atoms with Crippen molar-refractivity contribution in [1.29, 1.82) is 5.41 Å². The van der Waals surface area contributed by atoms with E-state index in [0.717, 1.165) is 0 Å². The molecule has 0 spiro atoms. The molecule has 0 atom stereocenters. The molecule has 2 aromatic rings. The van der Waals surface area contributed by atoms with E-state index in [9.17, 15) is 0 Å². The average Bonchev–Trinajstić information content (AvgIpc) is 2.39. The van der Waals surface area contributed by atoms with Gasteiger partial charge in [-0.2, -0.15) is 0 Å². The average molecular weight is 262 g/mol. The van der Waals surface area contributed by atoms with Crippen molar-refractivity contribution in [3.8, 4) is 11.5 Å². The van der Waals surface area contributed by atoms with Crippen molar-refractivity contribution < 1.29 is 9.47 Å². The van der Waals surface area contributed by atoms with E-state index >= 15 is 0 Å². The molecule has 0 aliphatic heterocycles. The smallest absolute Gasteiger partial charge is 0.212 e. The Morgan fingerprint density at radius 2 is 1.78 bits per heavy atom. The number of halogens is 1. The first-order valence-electron chi connectivity index (χ1n) is 5.35. The predicted octanol–water partition coefficient (Wildman–Crippen LogP) is 4.10. The number of hydrogen-bond acceptors (Lipinski definition) is 3. The quantitative estimate of drug-likeness (QED) is 0.667. The highest BCUT2D eigenvalue weighted by Gasteiger charge is 2.02. The highest BCUT2D eigenvalue weighted by atomic mass is 35.5. The van der Waals surface area contributed by atoms with Gasteiger partial charge in [-0.25, -0.2) is 0 Å². The van der Waals surface area contributed by atoms with Crippen molar-refractivity contribution >= 4 is 17.5 Å². The SMILES string of the molecule is COC(=N)c1ccc(Oc2cccc(Cl)c2)cc1. The van der Waals surface area contributed by atoms with Crippen LogP contribution >= 0.6 is 11.6 Å². The van der Waals surface area contributed by atoms with Crippen LogP contribution in [-0.2, 0) is 4.74 Å². The van der Waals surface area contributed by atoms with Gasteiger partial charge < -0.3 is 9.47 Å². The zero-order valence-electron chi connectivity index (χ0n) is 9.81. The molecule has 0 unspecified atom stereocenters. The van der Waals surface area contributed by atoms with E-state index < -0.39 is 0 Å². The van der Waals surface area contributed by atoms with E-state index in [-0.39, 0.29) is 5.90 Å². The Bertz CT molecular complexity index is 552. The lowest BCUT2D eigenvalue weighted by Crippen LogP contribution is -2.00. The van der Waals surface area contributed by atoms with Crippen LogP contribution in [0.3, 0.4) is 0 Å². The molecule has 2 rings (SSSR count). The number of nitrogens with one attached hydrogen (secondary N) is 1. The zero-order chi connectivity index (χ0) is 13.0. The molecule has 1 N–H and O–H groups in total. The molecule has 4 heteroatoms. The fourth-order valence-corrected chi connectivity index (χ4v) is 1.64. The Labute approximate surface area is 110 Å². The topological polar surface area (TPSA) is 42.3 Å². The minimum absolute atomic E-state index is 0.129. The maximum atomic E-state index is 7.52. The highest BCUT2D eigenvalue weighted by Crippen LogP contribution is 2.24. The van der Waals surface area contributed by atoms with E-state index in [2.05, 4.69) is 0 Å². The molecule has 2 aromatic carbocycles. The first kappa shape index (κ1) is 12.5. The van der Waals surface area contributed by atoms with Crippen LogP contribution in [0, 0.1) is 5.41 Å². The summed E-state index contributed by atoms with van der Waals surface area (Å²) in [6, 6.07) is 14.3. The third-order valence-corrected chi connectivity index (χ3v) is 2.59. The minimum Gasteiger partial charge on any atom is -0.481 e. The zero-order valence-corrected chi connectivity index (χ0v) is 10.6. The molecular weight excluding hydrogens is 250 g/mol. The lowest BCUT2D eigenvalue weighted by Gasteiger charge is -2.07. The van der Waals surface area contributed by atoms with E-state index in [1.165, 1.54) is 7.11 Å². The molecule has 0 aromatic heterocycles. The van der Waals surface area contributed by atoms with Crippen LogP contribution < -0.4 is 4.74 Å². The van der Waals surface area contributed by atoms with Crippen molar-refractivity contribution in [1.82, 2.24) is 0 Å². The first-order chi connectivity index (χ1) is 8.69. The molecular formula is C14H12ClNO2. The molecule has 0 saturated carbocycles. The molecule has 0 fully saturated rings. The van der Waals surface area contributed by atoms with Gasteiger partial charge in [-0.3, -0.25) is 5.41 Å². The van der Waals surface area contributed by atoms with Gasteiger partial charge in [0.2, 0.25) is 5.90 Å².